The van der Waals surface area contributed by atoms with E-state index in [9.17, 15) is 5.11 Å². The summed E-state index contributed by atoms with van der Waals surface area (Å²) in [6, 6.07) is 7.71. The molecule has 1 aromatic carbocycles. The molecular weight excluding hydrogens is 198 g/mol. The average Bonchev–Trinajstić information content (AvgIpc) is 2.17. The van der Waals surface area contributed by atoms with Crippen LogP contribution in [0, 0.1) is 0 Å². The standard InChI is InChI=1S/C11H16ClNO/c1-2-11(14)8-13-7-9-4-3-5-10(12)6-9/h3-6,11,13-14H,2,7-8H2,1H3. The highest BCUT2D eigenvalue weighted by Gasteiger charge is 1.99. The third-order valence-corrected chi connectivity index (χ3v) is 2.30. The monoisotopic (exact) mass is 213 g/mol. The van der Waals surface area contributed by atoms with E-state index in [4.69, 9.17) is 11.6 Å². The Morgan fingerprint density at radius 1 is 1.50 bits per heavy atom. The van der Waals surface area contributed by atoms with Gasteiger partial charge in [-0.25, -0.2) is 0 Å². The predicted octanol–water partition coefficient (Wildman–Crippen LogP) is 2.20. The van der Waals surface area contributed by atoms with E-state index in [2.05, 4.69) is 5.32 Å². The van der Waals surface area contributed by atoms with Crippen molar-refractivity contribution >= 4 is 11.6 Å². The largest absolute Gasteiger partial charge is 0.392 e. The molecule has 0 heterocycles. The van der Waals surface area contributed by atoms with Crippen LogP contribution >= 0.6 is 11.6 Å². The first kappa shape index (κ1) is 11.5. The quantitative estimate of drug-likeness (QED) is 0.786. The Morgan fingerprint density at radius 2 is 2.29 bits per heavy atom. The van der Waals surface area contributed by atoms with Crippen molar-refractivity contribution in [1.29, 1.82) is 0 Å². The molecule has 3 heteroatoms. The van der Waals surface area contributed by atoms with Crippen LogP contribution in [0.25, 0.3) is 0 Å². The molecule has 0 fully saturated rings. The Balaban J connectivity index is 2.31. The molecule has 0 aromatic heterocycles. The minimum Gasteiger partial charge on any atom is -0.392 e. The molecule has 1 unspecified atom stereocenters. The number of nitrogens with one attached hydrogen (secondary N) is 1. The lowest BCUT2D eigenvalue weighted by Gasteiger charge is -2.09. The van der Waals surface area contributed by atoms with Gasteiger partial charge in [0.05, 0.1) is 6.10 Å². The van der Waals surface area contributed by atoms with E-state index in [0.29, 0.717) is 6.54 Å². The zero-order valence-electron chi connectivity index (χ0n) is 8.33. The number of rotatable bonds is 5. The zero-order valence-corrected chi connectivity index (χ0v) is 9.09. The van der Waals surface area contributed by atoms with Crippen molar-refractivity contribution < 1.29 is 5.11 Å². The van der Waals surface area contributed by atoms with Crippen LogP contribution in [-0.2, 0) is 6.54 Å². The van der Waals surface area contributed by atoms with Crippen LogP contribution in [0.15, 0.2) is 24.3 Å². The van der Waals surface area contributed by atoms with Crippen molar-refractivity contribution in [3.8, 4) is 0 Å². The second-order valence-electron chi connectivity index (χ2n) is 3.32. The minimum atomic E-state index is -0.255. The molecule has 0 spiro atoms. The van der Waals surface area contributed by atoms with Crippen LogP contribution < -0.4 is 5.32 Å². The van der Waals surface area contributed by atoms with Crippen LogP contribution in [0.4, 0.5) is 0 Å². The summed E-state index contributed by atoms with van der Waals surface area (Å²) < 4.78 is 0. The molecule has 0 saturated heterocycles. The molecule has 1 aromatic rings. The molecule has 0 aliphatic rings. The number of hydrogen-bond donors (Lipinski definition) is 2. The summed E-state index contributed by atoms with van der Waals surface area (Å²) >= 11 is 5.84. The van der Waals surface area contributed by atoms with Gasteiger partial charge in [0.25, 0.3) is 0 Å². The van der Waals surface area contributed by atoms with E-state index < -0.39 is 0 Å². The van der Waals surface area contributed by atoms with Crippen molar-refractivity contribution in [3.05, 3.63) is 34.9 Å². The van der Waals surface area contributed by atoms with Crippen LogP contribution in [0.3, 0.4) is 0 Å². The van der Waals surface area contributed by atoms with E-state index >= 15 is 0 Å². The summed E-state index contributed by atoms with van der Waals surface area (Å²) in [6.45, 7) is 3.34. The van der Waals surface area contributed by atoms with Crippen LogP contribution in [0.2, 0.25) is 5.02 Å². The third kappa shape index (κ3) is 4.09. The van der Waals surface area contributed by atoms with E-state index in [0.717, 1.165) is 23.6 Å². The molecule has 2 N–H and O–H groups in total. The second-order valence-corrected chi connectivity index (χ2v) is 3.76. The van der Waals surface area contributed by atoms with Gasteiger partial charge >= 0.3 is 0 Å². The Kier molecular flexibility index (Phi) is 4.94. The first-order valence-electron chi connectivity index (χ1n) is 4.85. The molecular formula is C11H16ClNO. The molecule has 0 amide bonds. The fourth-order valence-electron chi connectivity index (χ4n) is 1.17. The summed E-state index contributed by atoms with van der Waals surface area (Å²) in [4.78, 5) is 0. The average molecular weight is 214 g/mol. The van der Waals surface area contributed by atoms with E-state index in [1.807, 2.05) is 31.2 Å². The van der Waals surface area contributed by atoms with Crippen molar-refractivity contribution in [1.82, 2.24) is 5.32 Å². The molecule has 78 valence electrons. The third-order valence-electron chi connectivity index (χ3n) is 2.07. The van der Waals surface area contributed by atoms with Gasteiger partial charge in [0, 0.05) is 18.1 Å². The van der Waals surface area contributed by atoms with E-state index in [1.54, 1.807) is 0 Å². The lowest BCUT2D eigenvalue weighted by Crippen LogP contribution is -2.25. The van der Waals surface area contributed by atoms with Crippen LogP contribution in [0.1, 0.15) is 18.9 Å². The maximum absolute atomic E-state index is 9.30. The number of aliphatic hydroxyl groups excluding tert-OH is 1. The van der Waals surface area contributed by atoms with Gasteiger partial charge in [-0.05, 0) is 24.1 Å². The van der Waals surface area contributed by atoms with Crippen LogP contribution in [0.5, 0.6) is 0 Å². The lowest BCUT2D eigenvalue weighted by atomic mass is 10.2. The van der Waals surface area contributed by atoms with E-state index in [-0.39, 0.29) is 6.10 Å². The number of benzene rings is 1. The van der Waals surface area contributed by atoms with Gasteiger partial charge in [-0.2, -0.15) is 0 Å². The van der Waals surface area contributed by atoms with Gasteiger partial charge in [-0.3, -0.25) is 0 Å². The second kappa shape index (κ2) is 6.02. The predicted molar refractivity (Wildman–Crippen MR) is 59.5 cm³/mol. The Morgan fingerprint density at radius 3 is 2.93 bits per heavy atom. The van der Waals surface area contributed by atoms with Gasteiger partial charge in [-0.15, -0.1) is 0 Å². The Labute approximate surface area is 89.9 Å². The molecule has 1 rings (SSSR count). The van der Waals surface area contributed by atoms with Gasteiger partial charge in [0.1, 0.15) is 0 Å². The summed E-state index contributed by atoms with van der Waals surface area (Å²) in [5, 5.41) is 13.2. The van der Waals surface area contributed by atoms with Crippen LogP contribution in [-0.4, -0.2) is 17.8 Å². The Bertz CT molecular complexity index is 278. The summed E-state index contributed by atoms with van der Waals surface area (Å²) in [5.41, 5.74) is 1.14. The smallest absolute Gasteiger partial charge is 0.0662 e. The summed E-state index contributed by atoms with van der Waals surface area (Å²) in [7, 11) is 0. The number of hydrogen-bond acceptors (Lipinski definition) is 2. The highest BCUT2D eigenvalue weighted by atomic mass is 35.5. The highest BCUT2D eigenvalue weighted by molar-refractivity contribution is 6.30. The molecule has 14 heavy (non-hydrogen) atoms. The molecule has 0 saturated carbocycles. The molecule has 0 aliphatic heterocycles. The summed E-state index contributed by atoms with van der Waals surface area (Å²) in [5.74, 6) is 0. The van der Waals surface area contributed by atoms with Crippen molar-refractivity contribution in [2.24, 2.45) is 0 Å². The topological polar surface area (TPSA) is 32.3 Å². The van der Waals surface area contributed by atoms with Crippen molar-refractivity contribution in [2.45, 2.75) is 26.0 Å². The fourth-order valence-corrected chi connectivity index (χ4v) is 1.39. The zero-order chi connectivity index (χ0) is 10.4. The first-order chi connectivity index (χ1) is 6.72. The Hall–Kier alpha value is -0.570. The molecule has 0 radical (unpaired) electrons. The van der Waals surface area contributed by atoms with Crippen molar-refractivity contribution in [3.63, 3.8) is 0 Å². The van der Waals surface area contributed by atoms with Gasteiger partial charge in [-0.1, -0.05) is 30.7 Å². The molecule has 0 aliphatic carbocycles. The lowest BCUT2D eigenvalue weighted by molar-refractivity contribution is 0.167. The molecule has 1 atom stereocenters. The maximum Gasteiger partial charge on any atom is 0.0662 e. The maximum atomic E-state index is 9.30. The fraction of sp³-hybridized carbons (Fsp3) is 0.455. The number of aliphatic hydroxyl groups is 1. The van der Waals surface area contributed by atoms with Gasteiger partial charge in [0.15, 0.2) is 0 Å². The van der Waals surface area contributed by atoms with Gasteiger partial charge in [0.2, 0.25) is 0 Å². The molecule has 0 bridgehead atoms. The minimum absolute atomic E-state index is 0.255. The van der Waals surface area contributed by atoms with Gasteiger partial charge < -0.3 is 10.4 Å². The van der Waals surface area contributed by atoms with Crippen molar-refractivity contribution in [2.75, 3.05) is 6.54 Å². The SMILES string of the molecule is CCC(O)CNCc1cccc(Cl)c1. The first-order valence-corrected chi connectivity index (χ1v) is 5.23. The molecule has 2 nitrogen and oxygen atoms in total. The van der Waals surface area contributed by atoms with E-state index in [1.165, 1.54) is 0 Å². The summed E-state index contributed by atoms with van der Waals surface area (Å²) in [6.07, 6.45) is 0.525. The normalized spacial score (nSPS) is 12.8. The number of halogens is 1. The highest BCUT2D eigenvalue weighted by Crippen LogP contribution is 2.10.